The molecule has 0 aromatic heterocycles. The Bertz CT molecular complexity index is 870. The van der Waals surface area contributed by atoms with Crippen LogP contribution in [0.3, 0.4) is 0 Å². The van der Waals surface area contributed by atoms with Gasteiger partial charge in [0.1, 0.15) is 0 Å². The minimum atomic E-state index is -3.42. The number of sulfonamides is 2. The van der Waals surface area contributed by atoms with Crippen LogP contribution in [-0.2, 0) is 26.5 Å². The molecule has 0 unspecified atom stereocenters. The summed E-state index contributed by atoms with van der Waals surface area (Å²) in [6.07, 6.45) is 3.76. The Kier molecular flexibility index (Phi) is 6.27. The van der Waals surface area contributed by atoms with E-state index in [1.807, 2.05) is 6.07 Å². The van der Waals surface area contributed by atoms with Gasteiger partial charge in [0.15, 0.2) is 0 Å². The van der Waals surface area contributed by atoms with E-state index in [1.54, 1.807) is 6.92 Å². The molecule has 0 saturated carbocycles. The largest absolute Gasteiger partial charge is 0.296 e. The second kappa shape index (κ2) is 8.16. The number of benzene rings is 1. The number of piperidine rings is 1. The van der Waals surface area contributed by atoms with Gasteiger partial charge in [0.05, 0.1) is 12.0 Å². The summed E-state index contributed by atoms with van der Waals surface area (Å²) in [7, 11) is -6.75. The minimum Gasteiger partial charge on any atom is -0.296 e. The van der Waals surface area contributed by atoms with E-state index in [9.17, 15) is 16.8 Å². The van der Waals surface area contributed by atoms with Gasteiger partial charge in [0.25, 0.3) is 0 Å². The first-order valence-electron chi connectivity index (χ1n) is 9.47. The predicted molar refractivity (Wildman–Crippen MR) is 106 cm³/mol. The number of nitrogens with zero attached hydrogens (tertiary/aromatic N) is 2. The third-order valence-corrected chi connectivity index (χ3v) is 8.37. The standard InChI is InChI=1S/C18H29N3O4S2/c1-3-27(24,25)19-10-13-21(26(2,22)23)16-9-12-20-11-8-15-6-4-5-7-17(15)18(20)14-16/h4-7,16,18-19H,3,8-14H2,1-2H3/t16-,18+/m1/s1. The zero-order chi connectivity index (χ0) is 19.7. The zero-order valence-corrected chi connectivity index (χ0v) is 17.6. The fraction of sp³-hybridized carbons (Fsp3) is 0.667. The summed E-state index contributed by atoms with van der Waals surface area (Å²) in [5, 5.41) is 0. The second-order valence-electron chi connectivity index (χ2n) is 7.35. The van der Waals surface area contributed by atoms with Crippen molar-refractivity contribution in [1.82, 2.24) is 13.9 Å². The molecular weight excluding hydrogens is 386 g/mol. The van der Waals surface area contributed by atoms with Crippen LogP contribution in [0.25, 0.3) is 0 Å². The third-order valence-electron chi connectivity index (χ3n) is 5.64. The Hall–Kier alpha value is -1.00. The predicted octanol–water partition coefficient (Wildman–Crippen LogP) is 0.949. The zero-order valence-electron chi connectivity index (χ0n) is 16.0. The van der Waals surface area contributed by atoms with Gasteiger partial charge < -0.3 is 0 Å². The topological polar surface area (TPSA) is 86.8 Å². The van der Waals surface area contributed by atoms with E-state index in [1.165, 1.54) is 21.7 Å². The maximum atomic E-state index is 12.4. The van der Waals surface area contributed by atoms with E-state index in [0.717, 1.165) is 32.4 Å². The van der Waals surface area contributed by atoms with Crippen molar-refractivity contribution in [2.24, 2.45) is 0 Å². The smallest absolute Gasteiger partial charge is 0.211 e. The van der Waals surface area contributed by atoms with Gasteiger partial charge >= 0.3 is 0 Å². The molecule has 1 aromatic carbocycles. The maximum Gasteiger partial charge on any atom is 0.211 e. The molecule has 2 aliphatic heterocycles. The molecule has 0 radical (unpaired) electrons. The van der Waals surface area contributed by atoms with Crippen LogP contribution in [-0.4, -0.2) is 70.3 Å². The van der Waals surface area contributed by atoms with Crippen LogP contribution < -0.4 is 4.72 Å². The highest BCUT2D eigenvalue weighted by molar-refractivity contribution is 7.89. The van der Waals surface area contributed by atoms with Gasteiger partial charge in [-0.25, -0.2) is 21.6 Å². The first-order valence-corrected chi connectivity index (χ1v) is 13.0. The maximum absolute atomic E-state index is 12.4. The summed E-state index contributed by atoms with van der Waals surface area (Å²) in [5.41, 5.74) is 2.65. The summed E-state index contributed by atoms with van der Waals surface area (Å²) in [6.45, 7) is 3.69. The van der Waals surface area contributed by atoms with E-state index in [4.69, 9.17) is 0 Å². The molecule has 0 spiro atoms. The third kappa shape index (κ3) is 4.89. The molecular formula is C18H29N3O4S2. The molecule has 2 atom stereocenters. The highest BCUT2D eigenvalue weighted by Crippen LogP contribution is 2.38. The average molecular weight is 416 g/mol. The van der Waals surface area contributed by atoms with Crippen LogP contribution in [0.1, 0.15) is 36.9 Å². The molecule has 0 amide bonds. The van der Waals surface area contributed by atoms with E-state index in [0.29, 0.717) is 0 Å². The number of rotatable bonds is 7. The molecule has 2 aliphatic rings. The highest BCUT2D eigenvalue weighted by atomic mass is 32.2. The van der Waals surface area contributed by atoms with E-state index in [2.05, 4.69) is 27.8 Å². The molecule has 27 heavy (non-hydrogen) atoms. The number of hydrogen-bond donors (Lipinski definition) is 1. The van der Waals surface area contributed by atoms with Crippen LogP contribution in [0.4, 0.5) is 0 Å². The average Bonchev–Trinajstić information content (AvgIpc) is 2.64. The fourth-order valence-corrected chi connectivity index (χ4v) is 5.99. The monoisotopic (exact) mass is 415 g/mol. The molecule has 2 heterocycles. The molecule has 0 aliphatic carbocycles. The van der Waals surface area contributed by atoms with E-state index in [-0.39, 0.29) is 30.9 Å². The van der Waals surface area contributed by atoms with Crippen LogP contribution >= 0.6 is 0 Å². The van der Waals surface area contributed by atoms with E-state index < -0.39 is 20.0 Å². The second-order valence-corrected chi connectivity index (χ2v) is 11.4. The van der Waals surface area contributed by atoms with Crippen molar-refractivity contribution >= 4 is 20.0 Å². The van der Waals surface area contributed by atoms with E-state index >= 15 is 0 Å². The number of hydrogen-bond acceptors (Lipinski definition) is 5. The molecule has 1 saturated heterocycles. The van der Waals surface area contributed by atoms with Gasteiger partial charge in [-0.1, -0.05) is 24.3 Å². The van der Waals surface area contributed by atoms with Crippen molar-refractivity contribution in [3.05, 3.63) is 35.4 Å². The molecule has 1 fully saturated rings. The Labute approximate surface area is 162 Å². The quantitative estimate of drug-likeness (QED) is 0.716. The normalized spacial score (nSPS) is 23.8. The lowest BCUT2D eigenvalue weighted by molar-refractivity contribution is 0.0913. The molecule has 0 bridgehead atoms. The summed E-state index contributed by atoms with van der Waals surface area (Å²) < 4.78 is 52.0. The minimum absolute atomic E-state index is 0.0108. The molecule has 1 N–H and O–H groups in total. The lowest BCUT2D eigenvalue weighted by atomic mass is 9.85. The van der Waals surface area contributed by atoms with Gasteiger partial charge in [-0.15, -0.1) is 0 Å². The van der Waals surface area contributed by atoms with Gasteiger partial charge in [-0.05, 0) is 37.3 Å². The van der Waals surface area contributed by atoms with Crippen LogP contribution in [0, 0.1) is 0 Å². The Morgan fingerprint density at radius 3 is 2.63 bits per heavy atom. The Balaban J connectivity index is 1.75. The van der Waals surface area contributed by atoms with Gasteiger partial charge in [0, 0.05) is 38.3 Å². The summed E-state index contributed by atoms with van der Waals surface area (Å²) in [5.74, 6) is -0.0108. The van der Waals surface area contributed by atoms with Crippen molar-refractivity contribution in [2.45, 2.75) is 38.3 Å². The van der Waals surface area contributed by atoms with Crippen molar-refractivity contribution < 1.29 is 16.8 Å². The summed E-state index contributed by atoms with van der Waals surface area (Å²) in [6, 6.07) is 8.51. The lowest BCUT2D eigenvalue weighted by Crippen LogP contribution is -2.51. The first-order chi connectivity index (χ1) is 12.7. The SMILES string of the molecule is CCS(=O)(=O)NCCN([C@@H]1CCN2CCc3ccccc3[C@@H]2C1)S(C)(=O)=O. The Morgan fingerprint density at radius 1 is 1.19 bits per heavy atom. The molecule has 7 nitrogen and oxygen atoms in total. The Morgan fingerprint density at radius 2 is 1.93 bits per heavy atom. The van der Waals surface area contributed by atoms with Crippen LogP contribution in [0.2, 0.25) is 0 Å². The van der Waals surface area contributed by atoms with Crippen LogP contribution in [0.15, 0.2) is 24.3 Å². The number of fused-ring (bicyclic) bond motifs is 3. The summed E-state index contributed by atoms with van der Waals surface area (Å²) in [4.78, 5) is 2.44. The molecule has 1 aromatic rings. The lowest BCUT2D eigenvalue weighted by Gasteiger charge is -2.45. The van der Waals surface area contributed by atoms with Crippen molar-refractivity contribution in [3.63, 3.8) is 0 Å². The fourth-order valence-electron chi connectivity index (χ4n) is 4.23. The van der Waals surface area contributed by atoms with Crippen molar-refractivity contribution in [2.75, 3.05) is 38.2 Å². The highest BCUT2D eigenvalue weighted by Gasteiger charge is 2.37. The van der Waals surface area contributed by atoms with Crippen molar-refractivity contribution in [1.29, 1.82) is 0 Å². The number of nitrogens with one attached hydrogen (secondary N) is 1. The van der Waals surface area contributed by atoms with Crippen molar-refractivity contribution in [3.8, 4) is 0 Å². The van der Waals surface area contributed by atoms with Gasteiger partial charge in [-0.3, -0.25) is 4.90 Å². The first kappa shape index (κ1) is 20.7. The summed E-state index contributed by atoms with van der Waals surface area (Å²) >= 11 is 0. The molecule has 9 heteroatoms. The molecule has 3 rings (SSSR count). The van der Waals surface area contributed by atoms with Gasteiger partial charge in [0.2, 0.25) is 20.0 Å². The molecule has 152 valence electrons. The van der Waals surface area contributed by atoms with Gasteiger partial charge in [-0.2, -0.15) is 4.31 Å². The van der Waals surface area contributed by atoms with Crippen LogP contribution in [0.5, 0.6) is 0 Å².